The highest BCUT2D eigenvalue weighted by Crippen LogP contribution is 2.21. The van der Waals surface area contributed by atoms with Gasteiger partial charge in [0.1, 0.15) is 11.8 Å². The van der Waals surface area contributed by atoms with Crippen LogP contribution in [0.2, 0.25) is 0 Å². The molecule has 30 heavy (non-hydrogen) atoms. The normalized spacial score (nSPS) is 12.2. The lowest BCUT2D eigenvalue weighted by molar-refractivity contribution is -0.139. The molecule has 0 unspecified atom stereocenters. The number of benzene rings is 2. The van der Waals surface area contributed by atoms with E-state index in [1.165, 1.54) is 17.3 Å². The van der Waals surface area contributed by atoms with E-state index < -0.39 is 6.04 Å². The van der Waals surface area contributed by atoms with Crippen LogP contribution < -0.4 is 10.1 Å². The molecule has 0 radical (unpaired) electrons. The molecule has 0 saturated heterocycles. The summed E-state index contributed by atoms with van der Waals surface area (Å²) in [4.78, 5) is 28.6. The minimum atomic E-state index is -0.596. The van der Waals surface area contributed by atoms with Crippen LogP contribution in [0.25, 0.3) is 0 Å². The van der Waals surface area contributed by atoms with Gasteiger partial charge in [0.15, 0.2) is 0 Å². The SMILES string of the molecule is COc1cccc(CN(C(=O)CSc2ccc(C)cc2)[C@H](C)C(=O)NC(C)(C)C)c1. The molecule has 2 aromatic carbocycles. The smallest absolute Gasteiger partial charge is 0.242 e. The fourth-order valence-electron chi connectivity index (χ4n) is 2.89. The number of nitrogens with zero attached hydrogens (tertiary/aromatic N) is 1. The molecule has 0 bridgehead atoms. The molecular weight excluding hydrogens is 396 g/mol. The fraction of sp³-hybridized carbons (Fsp3) is 0.417. The Bertz CT molecular complexity index is 859. The molecule has 2 aromatic rings. The quantitative estimate of drug-likeness (QED) is 0.632. The van der Waals surface area contributed by atoms with Gasteiger partial charge in [0.2, 0.25) is 11.8 Å². The summed E-state index contributed by atoms with van der Waals surface area (Å²) >= 11 is 1.48. The molecule has 6 heteroatoms. The maximum atomic E-state index is 13.1. The number of nitrogens with one attached hydrogen (secondary N) is 1. The maximum absolute atomic E-state index is 13.1. The number of carbonyl (C=O) groups is 2. The summed E-state index contributed by atoms with van der Waals surface area (Å²) in [6, 6.07) is 15.1. The summed E-state index contributed by atoms with van der Waals surface area (Å²) in [6.07, 6.45) is 0. The Balaban J connectivity index is 2.18. The lowest BCUT2D eigenvalue weighted by Crippen LogP contribution is -2.52. The number of thioether (sulfide) groups is 1. The summed E-state index contributed by atoms with van der Waals surface area (Å²) in [5, 5.41) is 2.98. The van der Waals surface area contributed by atoms with E-state index in [9.17, 15) is 9.59 Å². The molecular formula is C24H32N2O3S. The van der Waals surface area contributed by atoms with Crippen LogP contribution in [-0.2, 0) is 16.1 Å². The van der Waals surface area contributed by atoms with Crippen molar-refractivity contribution in [3.63, 3.8) is 0 Å². The molecule has 0 aromatic heterocycles. The summed E-state index contributed by atoms with van der Waals surface area (Å²) in [7, 11) is 1.61. The lowest BCUT2D eigenvalue weighted by Gasteiger charge is -2.31. The van der Waals surface area contributed by atoms with Crippen molar-refractivity contribution < 1.29 is 14.3 Å². The first-order valence-corrected chi connectivity index (χ1v) is 11.0. The van der Waals surface area contributed by atoms with E-state index in [1.807, 2.05) is 76.2 Å². The topological polar surface area (TPSA) is 58.6 Å². The standard InChI is InChI=1S/C24H32N2O3S/c1-17-10-12-21(13-11-17)30-16-22(27)26(18(2)23(28)25-24(3,4)5)15-19-8-7-9-20(14-19)29-6/h7-14,18H,15-16H2,1-6H3,(H,25,28)/t18-/m1/s1. The van der Waals surface area contributed by atoms with Crippen molar-refractivity contribution in [1.82, 2.24) is 10.2 Å². The molecule has 1 atom stereocenters. The average molecular weight is 429 g/mol. The molecule has 0 aliphatic heterocycles. The first-order chi connectivity index (χ1) is 14.1. The Morgan fingerprint density at radius 2 is 1.80 bits per heavy atom. The van der Waals surface area contributed by atoms with Crippen molar-refractivity contribution in [1.29, 1.82) is 0 Å². The van der Waals surface area contributed by atoms with Gasteiger partial charge < -0.3 is 15.0 Å². The lowest BCUT2D eigenvalue weighted by atomic mass is 10.1. The van der Waals surface area contributed by atoms with Crippen molar-refractivity contribution in [2.45, 2.75) is 57.6 Å². The van der Waals surface area contributed by atoms with Crippen LogP contribution in [0, 0.1) is 6.92 Å². The number of aryl methyl sites for hydroxylation is 1. The fourth-order valence-corrected chi connectivity index (χ4v) is 3.67. The van der Waals surface area contributed by atoms with E-state index in [0.717, 1.165) is 16.2 Å². The number of hydrogen-bond acceptors (Lipinski definition) is 4. The number of ether oxygens (including phenoxy) is 1. The summed E-state index contributed by atoms with van der Waals surface area (Å²) in [6.45, 7) is 9.93. The third kappa shape index (κ3) is 7.41. The highest BCUT2D eigenvalue weighted by molar-refractivity contribution is 8.00. The molecule has 0 fully saturated rings. The van der Waals surface area contributed by atoms with Crippen LogP contribution in [0.15, 0.2) is 53.4 Å². The van der Waals surface area contributed by atoms with Crippen LogP contribution in [0.3, 0.4) is 0 Å². The van der Waals surface area contributed by atoms with Crippen molar-refractivity contribution in [2.75, 3.05) is 12.9 Å². The van der Waals surface area contributed by atoms with Gasteiger partial charge in [-0.15, -0.1) is 11.8 Å². The van der Waals surface area contributed by atoms with E-state index in [0.29, 0.717) is 6.54 Å². The van der Waals surface area contributed by atoms with Gasteiger partial charge in [-0.05, 0) is 64.4 Å². The average Bonchev–Trinajstić information content (AvgIpc) is 2.69. The molecule has 5 nitrogen and oxygen atoms in total. The van der Waals surface area contributed by atoms with Gasteiger partial charge in [0.05, 0.1) is 12.9 Å². The highest BCUT2D eigenvalue weighted by atomic mass is 32.2. The van der Waals surface area contributed by atoms with Crippen molar-refractivity contribution in [3.05, 3.63) is 59.7 Å². The van der Waals surface area contributed by atoms with Crippen LogP contribution in [0.5, 0.6) is 5.75 Å². The Morgan fingerprint density at radius 3 is 2.40 bits per heavy atom. The van der Waals surface area contributed by atoms with Crippen LogP contribution in [-0.4, -0.2) is 41.2 Å². The van der Waals surface area contributed by atoms with Gasteiger partial charge in [-0.25, -0.2) is 0 Å². The second-order valence-electron chi connectivity index (χ2n) is 8.39. The molecule has 2 rings (SSSR count). The highest BCUT2D eigenvalue weighted by Gasteiger charge is 2.28. The molecule has 1 N–H and O–H groups in total. The minimum Gasteiger partial charge on any atom is -0.497 e. The Labute approximate surface area is 184 Å². The van der Waals surface area contributed by atoms with Crippen LogP contribution >= 0.6 is 11.8 Å². The second-order valence-corrected chi connectivity index (χ2v) is 9.44. The number of carbonyl (C=O) groups excluding carboxylic acids is 2. The third-order valence-electron chi connectivity index (χ3n) is 4.54. The van der Waals surface area contributed by atoms with Gasteiger partial charge >= 0.3 is 0 Å². The molecule has 0 spiro atoms. The zero-order valence-corrected chi connectivity index (χ0v) is 19.5. The molecule has 0 aliphatic carbocycles. The van der Waals surface area contributed by atoms with Gasteiger partial charge in [-0.2, -0.15) is 0 Å². The summed E-state index contributed by atoms with van der Waals surface area (Å²) in [5.41, 5.74) is 1.73. The molecule has 2 amide bonds. The van der Waals surface area contributed by atoms with Crippen LogP contribution in [0.1, 0.15) is 38.8 Å². The van der Waals surface area contributed by atoms with E-state index in [-0.39, 0.29) is 23.1 Å². The van der Waals surface area contributed by atoms with Crippen molar-refractivity contribution in [3.8, 4) is 5.75 Å². The van der Waals surface area contributed by atoms with E-state index in [2.05, 4.69) is 5.32 Å². The van der Waals surface area contributed by atoms with Crippen molar-refractivity contribution in [2.24, 2.45) is 0 Å². The van der Waals surface area contributed by atoms with Crippen LogP contribution in [0.4, 0.5) is 0 Å². The number of amides is 2. The summed E-state index contributed by atoms with van der Waals surface area (Å²) in [5.74, 6) is 0.736. The largest absolute Gasteiger partial charge is 0.497 e. The van der Waals surface area contributed by atoms with Gasteiger partial charge in [0, 0.05) is 17.0 Å². The number of methoxy groups -OCH3 is 1. The first kappa shape index (κ1) is 23.8. The zero-order chi connectivity index (χ0) is 22.3. The Morgan fingerprint density at radius 1 is 1.13 bits per heavy atom. The zero-order valence-electron chi connectivity index (χ0n) is 18.7. The van der Waals surface area contributed by atoms with E-state index in [1.54, 1.807) is 18.9 Å². The third-order valence-corrected chi connectivity index (χ3v) is 5.53. The number of hydrogen-bond donors (Lipinski definition) is 1. The monoisotopic (exact) mass is 428 g/mol. The van der Waals surface area contributed by atoms with Gasteiger partial charge in [-0.3, -0.25) is 9.59 Å². The predicted molar refractivity (Wildman–Crippen MR) is 123 cm³/mol. The summed E-state index contributed by atoms with van der Waals surface area (Å²) < 4.78 is 5.30. The second kappa shape index (κ2) is 10.5. The van der Waals surface area contributed by atoms with Gasteiger partial charge in [-0.1, -0.05) is 29.8 Å². The molecule has 0 heterocycles. The van der Waals surface area contributed by atoms with Gasteiger partial charge in [0.25, 0.3) is 0 Å². The Kier molecular flexibility index (Phi) is 8.35. The maximum Gasteiger partial charge on any atom is 0.242 e. The first-order valence-electron chi connectivity index (χ1n) is 10.0. The minimum absolute atomic E-state index is 0.0834. The Hall–Kier alpha value is -2.47. The van der Waals surface area contributed by atoms with Crippen molar-refractivity contribution >= 4 is 23.6 Å². The van der Waals surface area contributed by atoms with E-state index in [4.69, 9.17) is 4.74 Å². The molecule has 0 aliphatic rings. The molecule has 0 saturated carbocycles. The molecule has 162 valence electrons. The van der Waals surface area contributed by atoms with E-state index >= 15 is 0 Å². The predicted octanol–water partition coefficient (Wildman–Crippen LogP) is 4.43. The number of rotatable bonds is 8.